The van der Waals surface area contributed by atoms with Gasteiger partial charge in [-0.25, -0.2) is 0 Å². The number of hydrogen-bond donors (Lipinski definition) is 1. The number of rotatable bonds is 6. The van der Waals surface area contributed by atoms with E-state index in [0.717, 1.165) is 12.1 Å². The molecule has 1 aromatic carbocycles. The van der Waals surface area contributed by atoms with Crippen LogP contribution in [0.4, 0.5) is 5.69 Å². The van der Waals surface area contributed by atoms with E-state index in [1.807, 2.05) is 0 Å². The van der Waals surface area contributed by atoms with Crippen molar-refractivity contribution in [3.05, 3.63) is 38.9 Å². The topological polar surface area (TPSA) is 101 Å². The Morgan fingerprint density at radius 3 is 2.52 bits per heavy atom. The zero-order chi connectivity index (χ0) is 16.2. The molecule has 0 aromatic heterocycles. The van der Waals surface area contributed by atoms with E-state index in [4.69, 9.17) is 16.7 Å². The van der Waals surface area contributed by atoms with Crippen molar-refractivity contribution in [3.63, 3.8) is 0 Å². The lowest BCUT2D eigenvalue weighted by molar-refractivity contribution is -0.384. The number of benzene rings is 1. The van der Waals surface area contributed by atoms with Gasteiger partial charge >= 0.3 is 5.97 Å². The predicted octanol–water partition coefficient (Wildman–Crippen LogP) is 2.43. The molecule has 0 heterocycles. The van der Waals surface area contributed by atoms with Crippen molar-refractivity contribution in [3.8, 4) is 0 Å². The molecule has 114 valence electrons. The molecule has 0 saturated heterocycles. The highest BCUT2D eigenvalue weighted by molar-refractivity contribution is 6.31. The van der Waals surface area contributed by atoms with Crippen LogP contribution in [0.15, 0.2) is 18.2 Å². The summed E-state index contributed by atoms with van der Waals surface area (Å²) < 4.78 is 0. The quantitative estimate of drug-likeness (QED) is 0.642. The molecular weight excluding hydrogens is 300 g/mol. The second kappa shape index (κ2) is 7.03. The van der Waals surface area contributed by atoms with Gasteiger partial charge in [0.2, 0.25) is 0 Å². The minimum atomic E-state index is -1.02. The molecule has 8 heteroatoms. The first kappa shape index (κ1) is 16.9. The van der Waals surface area contributed by atoms with Crippen LogP contribution >= 0.6 is 11.6 Å². The fourth-order valence-electron chi connectivity index (χ4n) is 1.75. The summed E-state index contributed by atoms with van der Waals surface area (Å²) in [6.45, 7) is 3.49. The second-order valence-corrected chi connectivity index (χ2v) is 4.97. The average Bonchev–Trinajstić information content (AvgIpc) is 2.42. The number of aliphatic carboxylic acids is 1. The van der Waals surface area contributed by atoms with Crippen molar-refractivity contribution in [2.45, 2.75) is 13.8 Å². The average molecular weight is 315 g/mol. The number of carboxylic acid groups (broad SMARTS) is 1. The van der Waals surface area contributed by atoms with Crippen molar-refractivity contribution in [1.82, 2.24) is 4.90 Å². The molecule has 1 atom stereocenters. The van der Waals surface area contributed by atoms with Crippen molar-refractivity contribution >= 4 is 29.2 Å². The van der Waals surface area contributed by atoms with Gasteiger partial charge in [-0.05, 0) is 13.0 Å². The first-order valence-electron chi connectivity index (χ1n) is 6.23. The summed E-state index contributed by atoms with van der Waals surface area (Å²) >= 11 is 5.77. The van der Waals surface area contributed by atoms with Crippen LogP contribution in [-0.2, 0) is 4.79 Å². The van der Waals surface area contributed by atoms with Gasteiger partial charge in [-0.2, -0.15) is 0 Å². The van der Waals surface area contributed by atoms with Gasteiger partial charge in [0.1, 0.15) is 0 Å². The third-order valence-electron chi connectivity index (χ3n) is 2.93. The number of nitro groups is 1. The molecular formula is C13H15ClN2O5. The number of hydrogen-bond acceptors (Lipinski definition) is 4. The van der Waals surface area contributed by atoms with E-state index in [0.29, 0.717) is 0 Å². The smallest absolute Gasteiger partial charge is 0.308 e. The van der Waals surface area contributed by atoms with Crippen molar-refractivity contribution < 1.29 is 19.6 Å². The monoisotopic (exact) mass is 314 g/mol. The molecule has 0 spiro atoms. The van der Waals surface area contributed by atoms with E-state index in [1.165, 1.54) is 17.9 Å². The molecule has 1 unspecified atom stereocenters. The van der Waals surface area contributed by atoms with E-state index in [-0.39, 0.29) is 29.4 Å². The standard InChI is InChI=1S/C13H15ClN2O5/c1-3-15(7-8(2)13(18)19)12(17)9-4-10(14)6-11(5-9)16(20)21/h4-6,8H,3,7H2,1-2H3,(H,18,19). The molecule has 1 aromatic rings. The van der Waals surface area contributed by atoms with E-state index >= 15 is 0 Å². The Hall–Kier alpha value is -2.15. The number of carbonyl (C=O) groups excluding carboxylic acids is 1. The maximum Gasteiger partial charge on any atom is 0.308 e. The van der Waals surface area contributed by atoms with Crippen LogP contribution < -0.4 is 0 Å². The number of amides is 1. The Balaban J connectivity index is 3.05. The highest BCUT2D eigenvalue weighted by atomic mass is 35.5. The van der Waals surface area contributed by atoms with Crippen molar-refractivity contribution in [2.75, 3.05) is 13.1 Å². The van der Waals surface area contributed by atoms with Crippen LogP contribution in [0.2, 0.25) is 5.02 Å². The van der Waals surface area contributed by atoms with Gasteiger partial charge in [0.15, 0.2) is 0 Å². The molecule has 0 aliphatic rings. The fraction of sp³-hybridized carbons (Fsp3) is 0.385. The zero-order valence-corrected chi connectivity index (χ0v) is 12.3. The Labute approximate surface area is 126 Å². The number of non-ortho nitro benzene ring substituents is 1. The van der Waals surface area contributed by atoms with Gasteiger partial charge in [0.05, 0.1) is 10.8 Å². The lowest BCUT2D eigenvalue weighted by Crippen LogP contribution is -2.36. The van der Waals surface area contributed by atoms with E-state index in [1.54, 1.807) is 6.92 Å². The highest BCUT2D eigenvalue weighted by Crippen LogP contribution is 2.22. The van der Waals surface area contributed by atoms with E-state index in [2.05, 4.69) is 0 Å². The SMILES string of the molecule is CCN(CC(C)C(=O)O)C(=O)c1cc(Cl)cc([N+](=O)[O-])c1. The van der Waals surface area contributed by atoms with Gasteiger partial charge < -0.3 is 10.0 Å². The summed E-state index contributed by atoms with van der Waals surface area (Å²) in [7, 11) is 0. The van der Waals surface area contributed by atoms with Crippen LogP contribution in [0, 0.1) is 16.0 Å². The maximum absolute atomic E-state index is 12.3. The normalized spacial score (nSPS) is 11.8. The number of carboxylic acids is 1. The minimum Gasteiger partial charge on any atom is -0.481 e. The van der Waals surface area contributed by atoms with Gasteiger partial charge in [0, 0.05) is 35.8 Å². The summed E-state index contributed by atoms with van der Waals surface area (Å²) in [4.78, 5) is 34.6. The zero-order valence-electron chi connectivity index (χ0n) is 11.6. The third kappa shape index (κ3) is 4.42. The summed E-state index contributed by atoms with van der Waals surface area (Å²) in [5.41, 5.74) is -0.221. The summed E-state index contributed by atoms with van der Waals surface area (Å²) in [5, 5.41) is 19.7. The number of carbonyl (C=O) groups is 2. The van der Waals surface area contributed by atoms with Crippen LogP contribution in [0.1, 0.15) is 24.2 Å². The lowest BCUT2D eigenvalue weighted by Gasteiger charge is -2.23. The Morgan fingerprint density at radius 2 is 2.05 bits per heavy atom. The predicted molar refractivity (Wildman–Crippen MR) is 76.5 cm³/mol. The van der Waals surface area contributed by atoms with Gasteiger partial charge in [-0.15, -0.1) is 0 Å². The molecule has 0 aliphatic carbocycles. The molecule has 0 radical (unpaired) electrons. The Morgan fingerprint density at radius 1 is 1.43 bits per heavy atom. The van der Waals surface area contributed by atoms with Crippen molar-refractivity contribution in [2.24, 2.45) is 5.92 Å². The first-order chi connectivity index (χ1) is 9.76. The van der Waals surface area contributed by atoms with Crippen molar-refractivity contribution in [1.29, 1.82) is 0 Å². The molecule has 0 bridgehead atoms. The lowest BCUT2D eigenvalue weighted by atomic mass is 10.1. The van der Waals surface area contributed by atoms with Gasteiger partial charge in [0.25, 0.3) is 11.6 Å². The molecule has 0 fully saturated rings. The Kier molecular flexibility index (Phi) is 5.66. The Bertz CT molecular complexity index is 576. The van der Waals surface area contributed by atoms with Crippen LogP contribution in [0.3, 0.4) is 0 Å². The third-order valence-corrected chi connectivity index (χ3v) is 3.14. The molecule has 21 heavy (non-hydrogen) atoms. The van der Waals surface area contributed by atoms with E-state index < -0.39 is 22.7 Å². The van der Waals surface area contributed by atoms with Gasteiger partial charge in [-0.1, -0.05) is 18.5 Å². The summed E-state index contributed by atoms with van der Waals surface area (Å²) in [6, 6.07) is 3.60. The maximum atomic E-state index is 12.3. The molecule has 1 amide bonds. The molecule has 1 N–H and O–H groups in total. The van der Waals surface area contributed by atoms with Crippen LogP contribution in [0.25, 0.3) is 0 Å². The number of nitro benzene ring substituents is 1. The van der Waals surface area contributed by atoms with Crippen LogP contribution in [0.5, 0.6) is 0 Å². The van der Waals surface area contributed by atoms with Crippen LogP contribution in [-0.4, -0.2) is 39.9 Å². The van der Waals surface area contributed by atoms with Gasteiger partial charge in [-0.3, -0.25) is 19.7 Å². The minimum absolute atomic E-state index is 0.0188. The largest absolute Gasteiger partial charge is 0.481 e. The molecule has 1 rings (SSSR count). The van der Waals surface area contributed by atoms with E-state index in [9.17, 15) is 19.7 Å². The fourth-order valence-corrected chi connectivity index (χ4v) is 1.98. The first-order valence-corrected chi connectivity index (χ1v) is 6.61. The molecule has 0 saturated carbocycles. The second-order valence-electron chi connectivity index (χ2n) is 4.54. The summed E-state index contributed by atoms with van der Waals surface area (Å²) in [6.07, 6.45) is 0. The summed E-state index contributed by atoms with van der Waals surface area (Å²) in [5.74, 6) is -2.24. The number of halogens is 1. The highest BCUT2D eigenvalue weighted by Gasteiger charge is 2.22. The number of nitrogens with zero attached hydrogens (tertiary/aromatic N) is 2. The molecule has 7 nitrogen and oxygen atoms in total. The molecule has 0 aliphatic heterocycles.